The summed E-state index contributed by atoms with van der Waals surface area (Å²) in [6, 6.07) is 9.31. The highest BCUT2D eigenvalue weighted by Gasteiger charge is 2.14. The number of nitrogens with zero attached hydrogens (tertiary/aromatic N) is 2. The van der Waals surface area contributed by atoms with Crippen molar-refractivity contribution >= 4 is 11.8 Å². The van der Waals surface area contributed by atoms with Crippen LogP contribution in [0.2, 0.25) is 0 Å². The van der Waals surface area contributed by atoms with Crippen molar-refractivity contribution in [2.45, 2.75) is 12.8 Å². The molecule has 3 rings (SSSR count). The van der Waals surface area contributed by atoms with Gasteiger partial charge in [-0.25, -0.2) is 0 Å². The van der Waals surface area contributed by atoms with Crippen LogP contribution in [0.4, 0.5) is 0 Å². The predicted octanol–water partition coefficient (Wildman–Crippen LogP) is 3.46. The fourth-order valence-electron chi connectivity index (χ4n) is 2.59. The molecule has 0 atom stereocenters. The molecule has 1 aliphatic heterocycles. The van der Waals surface area contributed by atoms with E-state index in [9.17, 15) is 5.11 Å². The van der Waals surface area contributed by atoms with Gasteiger partial charge in [0.1, 0.15) is 0 Å². The van der Waals surface area contributed by atoms with Crippen LogP contribution in [0.1, 0.15) is 24.0 Å². The number of aliphatic imine (C=N–C) groups is 1. The van der Waals surface area contributed by atoms with E-state index in [0.717, 1.165) is 36.2 Å². The van der Waals surface area contributed by atoms with Gasteiger partial charge >= 0.3 is 0 Å². The van der Waals surface area contributed by atoms with Gasteiger partial charge in [-0.15, -0.1) is 0 Å². The van der Waals surface area contributed by atoms with Crippen LogP contribution in [0.5, 0.6) is 11.5 Å². The second-order valence-corrected chi connectivity index (χ2v) is 5.18. The van der Waals surface area contributed by atoms with Gasteiger partial charge in [0.05, 0.1) is 12.8 Å². The molecule has 0 saturated carbocycles. The summed E-state index contributed by atoms with van der Waals surface area (Å²) in [6.45, 7) is 0.848. The Hall–Kier alpha value is -2.62. The van der Waals surface area contributed by atoms with Crippen LogP contribution >= 0.6 is 0 Å². The monoisotopic (exact) mass is 294 g/mol. The summed E-state index contributed by atoms with van der Waals surface area (Å²) in [5.74, 6) is 0.625. The third kappa shape index (κ3) is 3.01. The van der Waals surface area contributed by atoms with Crippen molar-refractivity contribution in [2.24, 2.45) is 4.99 Å². The maximum absolute atomic E-state index is 9.69. The van der Waals surface area contributed by atoms with Gasteiger partial charge in [0, 0.05) is 24.5 Å². The van der Waals surface area contributed by atoms with Crippen LogP contribution in [0.3, 0.4) is 0 Å². The van der Waals surface area contributed by atoms with Gasteiger partial charge in [0.25, 0.3) is 0 Å². The Morgan fingerprint density at radius 3 is 2.95 bits per heavy atom. The van der Waals surface area contributed by atoms with Gasteiger partial charge in [-0.3, -0.25) is 9.98 Å². The Balaban J connectivity index is 1.98. The number of phenolic OH excluding ortho intramolecular Hbond substituents is 1. The lowest BCUT2D eigenvalue weighted by Gasteiger charge is -2.16. The number of methoxy groups -OCH3 is 1. The Morgan fingerprint density at radius 2 is 2.18 bits per heavy atom. The van der Waals surface area contributed by atoms with Gasteiger partial charge in [-0.2, -0.15) is 0 Å². The van der Waals surface area contributed by atoms with Crippen LogP contribution in [0.25, 0.3) is 6.08 Å². The molecule has 2 aromatic rings. The van der Waals surface area contributed by atoms with Gasteiger partial charge in [-0.1, -0.05) is 6.07 Å². The highest BCUT2D eigenvalue weighted by molar-refractivity contribution is 6.15. The first kappa shape index (κ1) is 14.3. The lowest BCUT2D eigenvalue weighted by Crippen LogP contribution is -2.11. The SMILES string of the molecule is COc1cc(/C=C2\CCCN=C2c2cccnc2)ccc1O. The van der Waals surface area contributed by atoms with E-state index in [-0.39, 0.29) is 5.75 Å². The normalized spacial score (nSPS) is 16.4. The van der Waals surface area contributed by atoms with Gasteiger partial charge in [0.15, 0.2) is 11.5 Å². The quantitative estimate of drug-likeness (QED) is 0.943. The molecule has 0 radical (unpaired) electrons. The lowest BCUT2D eigenvalue weighted by atomic mass is 9.95. The van der Waals surface area contributed by atoms with Gasteiger partial charge in [0.2, 0.25) is 0 Å². The zero-order valence-electron chi connectivity index (χ0n) is 12.5. The number of aromatic nitrogens is 1. The van der Waals surface area contributed by atoms with Crippen molar-refractivity contribution in [1.82, 2.24) is 4.98 Å². The molecule has 0 bridgehead atoms. The molecule has 0 amide bonds. The molecule has 0 saturated heterocycles. The first-order valence-electron chi connectivity index (χ1n) is 7.31. The van der Waals surface area contributed by atoms with E-state index in [0.29, 0.717) is 5.75 Å². The minimum absolute atomic E-state index is 0.148. The molecule has 1 aliphatic rings. The zero-order valence-corrected chi connectivity index (χ0v) is 12.5. The number of rotatable bonds is 3. The predicted molar refractivity (Wildman–Crippen MR) is 87.5 cm³/mol. The fourth-order valence-corrected chi connectivity index (χ4v) is 2.59. The first-order chi connectivity index (χ1) is 10.8. The van der Waals surface area contributed by atoms with Gasteiger partial charge in [-0.05, 0) is 54.3 Å². The topological polar surface area (TPSA) is 54.7 Å². The lowest BCUT2D eigenvalue weighted by molar-refractivity contribution is 0.373. The Morgan fingerprint density at radius 1 is 1.27 bits per heavy atom. The summed E-state index contributed by atoms with van der Waals surface area (Å²) < 4.78 is 5.17. The summed E-state index contributed by atoms with van der Waals surface area (Å²) in [6.07, 6.45) is 7.74. The van der Waals surface area contributed by atoms with Gasteiger partial charge < -0.3 is 9.84 Å². The maximum atomic E-state index is 9.69. The molecule has 1 N–H and O–H groups in total. The summed E-state index contributed by atoms with van der Waals surface area (Å²) in [7, 11) is 1.55. The second-order valence-electron chi connectivity index (χ2n) is 5.18. The molecule has 4 nitrogen and oxygen atoms in total. The maximum Gasteiger partial charge on any atom is 0.161 e. The number of phenols is 1. The number of pyridine rings is 1. The van der Waals surface area contributed by atoms with E-state index in [4.69, 9.17) is 4.74 Å². The first-order valence-corrected chi connectivity index (χ1v) is 7.31. The van der Waals surface area contributed by atoms with E-state index in [1.165, 1.54) is 5.57 Å². The molecule has 0 unspecified atom stereocenters. The molecular weight excluding hydrogens is 276 g/mol. The average Bonchev–Trinajstić information content (AvgIpc) is 2.58. The summed E-state index contributed by atoms with van der Waals surface area (Å²) >= 11 is 0. The van der Waals surface area contributed by atoms with E-state index in [2.05, 4.69) is 16.1 Å². The Labute approximate surface area is 129 Å². The largest absolute Gasteiger partial charge is 0.504 e. The second kappa shape index (κ2) is 6.43. The standard InChI is InChI=1S/C18H18N2O2/c1-22-17-11-13(6-7-16(17)21)10-14-4-3-9-20-18(14)15-5-2-8-19-12-15/h2,5-8,10-12,21H,3-4,9H2,1H3/b14-10+. The van der Waals surface area contributed by atoms with Crippen LogP contribution in [0, 0.1) is 0 Å². The van der Waals surface area contributed by atoms with E-state index < -0.39 is 0 Å². The Bertz CT molecular complexity index is 721. The van der Waals surface area contributed by atoms with Crippen molar-refractivity contribution in [3.8, 4) is 11.5 Å². The molecule has 2 heterocycles. The van der Waals surface area contributed by atoms with E-state index in [1.807, 2.05) is 30.5 Å². The third-order valence-corrected chi connectivity index (χ3v) is 3.66. The molecule has 0 spiro atoms. The molecule has 1 aromatic heterocycles. The van der Waals surface area contributed by atoms with E-state index in [1.54, 1.807) is 19.4 Å². The summed E-state index contributed by atoms with van der Waals surface area (Å²) in [5, 5.41) is 9.69. The molecule has 0 aliphatic carbocycles. The molecule has 22 heavy (non-hydrogen) atoms. The van der Waals surface area contributed by atoms with Crippen LogP contribution in [-0.4, -0.2) is 29.5 Å². The number of hydrogen-bond acceptors (Lipinski definition) is 4. The molecular formula is C18H18N2O2. The third-order valence-electron chi connectivity index (χ3n) is 3.66. The molecule has 112 valence electrons. The number of benzene rings is 1. The average molecular weight is 294 g/mol. The van der Waals surface area contributed by atoms with Crippen LogP contribution < -0.4 is 4.74 Å². The van der Waals surface area contributed by atoms with Crippen molar-refractivity contribution < 1.29 is 9.84 Å². The summed E-state index contributed by atoms with van der Waals surface area (Å²) in [4.78, 5) is 8.84. The number of allylic oxidation sites excluding steroid dienone is 1. The molecule has 1 aromatic carbocycles. The van der Waals surface area contributed by atoms with Crippen molar-refractivity contribution in [2.75, 3.05) is 13.7 Å². The van der Waals surface area contributed by atoms with Crippen molar-refractivity contribution in [1.29, 1.82) is 0 Å². The van der Waals surface area contributed by atoms with E-state index >= 15 is 0 Å². The number of ether oxygens (including phenoxy) is 1. The van der Waals surface area contributed by atoms with Crippen LogP contribution in [-0.2, 0) is 0 Å². The minimum atomic E-state index is 0.148. The zero-order chi connectivity index (χ0) is 15.4. The Kier molecular flexibility index (Phi) is 4.19. The van der Waals surface area contributed by atoms with Crippen molar-refractivity contribution in [3.63, 3.8) is 0 Å². The minimum Gasteiger partial charge on any atom is -0.504 e. The fraction of sp³-hybridized carbons (Fsp3) is 0.222. The smallest absolute Gasteiger partial charge is 0.161 e. The van der Waals surface area contributed by atoms with Crippen molar-refractivity contribution in [3.05, 3.63) is 59.4 Å². The highest BCUT2D eigenvalue weighted by Crippen LogP contribution is 2.29. The molecule has 4 heteroatoms. The number of hydrogen-bond donors (Lipinski definition) is 1. The number of aromatic hydroxyl groups is 1. The molecule has 0 fully saturated rings. The van der Waals surface area contributed by atoms with Crippen LogP contribution in [0.15, 0.2) is 53.3 Å². The summed E-state index contributed by atoms with van der Waals surface area (Å²) in [5.41, 5.74) is 4.22. The highest BCUT2D eigenvalue weighted by atomic mass is 16.5.